The maximum Gasteiger partial charge on any atom is 0.282 e. The third-order valence-electron chi connectivity index (χ3n) is 4.01. The van der Waals surface area contributed by atoms with Crippen molar-refractivity contribution in [2.45, 2.75) is 25.8 Å². The topological polar surface area (TPSA) is 95.8 Å². The largest absolute Gasteiger partial charge is 0.374 e. The summed E-state index contributed by atoms with van der Waals surface area (Å²) in [5, 5.41) is 14.2. The van der Waals surface area contributed by atoms with Gasteiger partial charge in [-0.25, -0.2) is 0 Å². The third kappa shape index (κ3) is 3.81. The monoisotopic (exact) mass is 334 g/mol. The fraction of sp³-hybridized carbons (Fsp3) is 0.500. The summed E-state index contributed by atoms with van der Waals surface area (Å²) in [6.45, 7) is 2.93. The zero-order chi connectivity index (χ0) is 17.9. The van der Waals surface area contributed by atoms with Gasteiger partial charge in [0.15, 0.2) is 0 Å². The van der Waals surface area contributed by atoms with Crippen molar-refractivity contribution >= 4 is 23.2 Å². The molecule has 0 saturated carbocycles. The van der Waals surface area contributed by atoms with E-state index in [2.05, 4.69) is 5.32 Å². The lowest BCUT2D eigenvalue weighted by Gasteiger charge is -2.20. The quantitative estimate of drug-likeness (QED) is 0.653. The van der Waals surface area contributed by atoms with Gasteiger partial charge in [-0.05, 0) is 31.9 Å². The molecule has 1 saturated heterocycles. The van der Waals surface area contributed by atoms with Gasteiger partial charge in [0.1, 0.15) is 11.6 Å². The number of hydrogen-bond donors (Lipinski definition) is 1. The lowest BCUT2D eigenvalue weighted by Crippen LogP contribution is -2.36. The van der Waals surface area contributed by atoms with Crippen LogP contribution >= 0.6 is 0 Å². The summed E-state index contributed by atoms with van der Waals surface area (Å²) < 4.78 is 0. The molecule has 0 aliphatic carbocycles. The van der Waals surface area contributed by atoms with Crippen LogP contribution in [0.2, 0.25) is 0 Å². The van der Waals surface area contributed by atoms with E-state index in [1.165, 1.54) is 23.1 Å². The summed E-state index contributed by atoms with van der Waals surface area (Å²) in [4.78, 5) is 38.3. The van der Waals surface area contributed by atoms with Crippen molar-refractivity contribution < 1.29 is 14.5 Å². The molecule has 0 radical (unpaired) electrons. The van der Waals surface area contributed by atoms with Gasteiger partial charge in [-0.1, -0.05) is 0 Å². The van der Waals surface area contributed by atoms with Gasteiger partial charge in [-0.15, -0.1) is 0 Å². The Bertz CT molecular complexity index is 653. The van der Waals surface area contributed by atoms with E-state index in [9.17, 15) is 19.7 Å². The Kier molecular flexibility index (Phi) is 5.38. The van der Waals surface area contributed by atoms with E-state index in [1.54, 1.807) is 25.9 Å². The highest BCUT2D eigenvalue weighted by Crippen LogP contribution is 2.26. The highest BCUT2D eigenvalue weighted by Gasteiger charge is 2.27. The van der Waals surface area contributed by atoms with Crippen molar-refractivity contribution in [3.05, 3.63) is 33.9 Å². The number of likely N-dealkylation sites (N-methyl/N-ethyl adjacent to an activating group) is 1. The van der Waals surface area contributed by atoms with Gasteiger partial charge < -0.3 is 15.1 Å². The van der Waals surface area contributed by atoms with E-state index in [0.29, 0.717) is 18.8 Å². The maximum atomic E-state index is 12.6. The van der Waals surface area contributed by atoms with Crippen molar-refractivity contribution in [3.8, 4) is 0 Å². The Balaban J connectivity index is 2.28. The summed E-state index contributed by atoms with van der Waals surface area (Å²) in [5.74, 6) is -0.463. The molecule has 0 unspecified atom stereocenters. The zero-order valence-electron chi connectivity index (χ0n) is 14.1. The highest BCUT2D eigenvalue weighted by molar-refractivity contribution is 5.99. The average molecular weight is 334 g/mol. The number of benzene rings is 1. The number of amides is 2. The number of rotatable bonds is 5. The van der Waals surface area contributed by atoms with Gasteiger partial charge in [0.25, 0.3) is 11.6 Å². The van der Waals surface area contributed by atoms with E-state index in [0.717, 1.165) is 12.8 Å². The molecule has 2 amide bonds. The number of carbonyl (C=O) groups excluding carboxylic acids is 2. The predicted molar refractivity (Wildman–Crippen MR) is 90.0 cm³/mol. The molecule has 130 valence electrons. The van der Waals surface area contributed by atoms with Crippen LogP contribution in [0.4, 0.5) is 11.4 Å². The Morgan fingerprint density at radius 2 is 1.92 bits per heavy atom. The Morgan fingerprint density at radius 1 is 1.29 bits per heavy atom. The minimum absolute atomic E-state index is 0.0522. The van der Waals surface area contributed by atoms with Gasteiger partial charge >= 0.3 is 0 Å². The summed E-state index contributed by atoms with van der Waals surface area (Å²) in [6.07, 6.45) is 1.82. The summed E-state index contributed by atoms with van der Waals surface area (Å²) in [5.41, 5.74) is 0.339. The molecule has 1 aliphatic rings. The van der Waals surface area contributed by atoms with Gasteiger partial charge in [0, 0.05) is 38.9 Å². The molecule has 0 spiro atoms. The molecule has 8 heteroatoms. The summed E-state index contributed by atoms with van der Waals surface area (Å²) in [6, 6.07) is 3.77. The van der Waals surface area contributed by atoms with Crippen molar-refractivity contribution in [2.24, 2.45) is 0 Å². The molecule has 1 fully saturated rings. The van der Waals surface area contributed by atoms with E-state index >= 15 is 0 Å². The second-order valence-corrected chi connectivity index (χ2v) is 6.09. The van der Waals surface area contributed by atoms with E-state index in [1.807, 2.05) is 0 Å². The molecule has 1 heterocycles. The van der Waals surface area contributed by atoms with Gasteiger partial charge in [-0.2, -0.15) is 0 Å². The second-order valence-electron chi connectivity index (χ2n) is 6.09. The van der Waals surface area contributed by atoms with Crippen LogP contribution < -0.4 is 5.32 Å². The molecule has 2 rings (SSSR count). The zero-order valence-corrected chi connectivity index (χ0v) is 14.1. The molecule has 1 aliphatic heterocycles. The van der Waals surface area contributed by atoms with Crippen LogP contribution in [0.5, 0.6) is 0 Å². The molecule has 0 aromatic heterocycles. The highest BCUT2D eigenvalue weighted by atomic mass is 16.6. The standard InChI is InChI=1S/C16H22N4O4/c1-11(15(21)18(2)3)17-12-6-7-14(20(23)24)13(10-12)16(22)19-8-4-5-9-19/h6-7,10-11,17H,4-5,8-9H2,1-3H3/t11-/m0/s1. The summed E-state index contributed by atoms with van der Waals surface area (Å²) in [7, 11) is 3.30. The lowest BCUT2D eigenvalue weighted by molar-refractivity contribution is -0.385. The molecule has 0 bridgehead atoms. The van der Waals surface area contributed by atoms with Crippen LogP contribution in [-0.2, 0) is 4.79 Å². The van der Waals surface area contributed by atoms with E-state index < -0.39 is 11.0 Å². The van der Waals surface area contributed by atoms with E-state index in [-0.39, 0.29) is 23.1 Å². The number of nitrogens with zero attached hydrogens (tertiary/aromatic N) is 3. The van der Waals surface area contributed by atoms with Crippen molar-refractivity contribution in [1.82, 2.24) is 9.80 Å². The predicted octanol–water partition coefficient (Wildman–Crippen LogP) is 1.72. The van der Waals surface area contributed by atoms with Crippen LogP contribution in [0.3, 0.4) is 0 Å². The normalized spacial score (nSPS) is 15.0. The number of anilines is 1. The number of nitro groups is 1. The van der Waals surface area contributed by atoms with Crippen LogP contribution in [-0.4, -0.2) is 59.8 Å². The van der Waals surface area contributed by atoms with Gasteiger partial charge in [0.05, 0.1) is 4.92 Å². The first-order valence-corrected chi connectivity index (χ1v) is 7.86. The smallest absolute Gasteiger partial charge is 0.282 e. The van der Waals surface area contributed by atoms with Crippen LogP contribution in [0.15, 0.2) is 18.2 Å². The first kappa shape index (κ1) is 17.7. The minimum Gasteiger partial charge on any atom is -0.374 e. The number of nitrogens with one attached hydrogen (secondary N) is 1. The third-order valence-corrected chi connectivity index (χ3v) is 4.01. The fourth-order valence-corrected chi connectivity index (χ4v) is 2.75. The minimum atomic E-state index is -0.554. The molecule has 1 N–H and O–H groups in total. The summed E-state index contributed by atoms with van der Waals surface area (Å²) >= 11 is 0. The number of nitro benzene ring substituents is 1. The first-order chi connectivity index (χ1) is 11.3. The first-order valence-electron chi connectivity index (χ1n) is 7.86. The van der Waals surface area contributed by atoms with Crippen molar-refractivity contribution in [3.63, 3.8) is 0 Å². The van der Waals surface area contributed by atoms with Crippen LogP contribution in [0.1, 0.15) is 30.1 Å². The fourth-order valence-electron chi connectivity index (χ4n) is 2.75. The molecule has 24 heavy (non-hydrogen) atoms. The Hall–Kier alpha value is -2.64. The Labute approximate surface area is 140 Å². The molecule has 1 atom stereocenters. The molecule has 1 aromatic rings. The molecule has 8 nitrogen and oxygen atoms in total. The lowest BCUT2D eigenvalue weighted by atomic mass is 10.1. The average Bonchev–Trinajstić information content (AvgIpc) is 3.07. The molecule has 1 aromatic carbocycles. The second kappa shape index (κ2) is 7.29. The Morgan fingerprint density at radius 3 is 2.46 bits per heavy atom. The number of likely N-dealkylation sites (tertiary alicyclic amines) is 1. The van der Waals surface area contributed by atoms with Gasteiger partial charge in [-0.3, -0.25) is 19.7 Å². The molecular formula is C16H22N4O4. The number of carbonyl (C=O) groups is 2. The van der Waals surface area contributed by atoms with E-state index in [4.69, 9.17) is 0 Å². The molecular weight excluding hydrogens is 312 g/mol. The van der Waals surface area contributed by atoms with Crippen LogP contribution in [0.25, 0.3) is 0 Å². The van der Waals surface area contributed by atoms with Crippen LogP contribution in [0, 0.1) is 10.1 Å². The number of hydrogen-bond acceptors (Lipinski definition) is 5. The van der Waals surface area contributed by atoms with Crippen molar-refractivity contribution in [2.75, 3.05) is 32.5 Å². The van der Waals surface area contributed by atoms with Crippen molar-refractivity contribution in [1.29, 1.82) is 0 Å². The maximum absolute atomic E-state index is 12.6. The SMILES string of the molecule is C[C@H](Nc1ccc([N+](=O)[O-])c(C(=O)N2CCCC2)c1)C(=O)N(C)C. The van der Waals surface area contributed by atoms with Gasteiger partial charge in [0.2, 0.25) is 5.91 Å².